The van der Waals surface area contributed by atoms with Crippen molar-refractivity contribution in [1.29, 1.82) is 0 Å². The highest BCUT2D eigenvalue weighted by Crippen LogP contribution is 2.40. The molecule has 0 fully saturated rings. The summed E-state index contributed by atoms with van der Waals surface area (Å²) in [6.07, 6.45) is 1.10. The van der Waals surface area contributed by atoms with E-state index in [1.165, 1.54) is 28.3 Å². The van der Waals surface area contributed by atoms with Gasteiger partial charge in [0.05, 0.1) is 22.3 Å². The van der Waals surface area contributed by atoms with Crippen LogP contribution in [0.4, 0.5) is 4.39 Å². The summed E-state index contributed by atoms with van der Waals surface area (Å²) in [5.74, 6) is 5.56. The number of hydrogen-bond donors (Lipinski definition) is 0. The lowest BCUT2D eigenvalue weighted by Crippen LogP contribution is -2.05. The second-order valence-corrected chi connectivity index (χ2v) is 26.4. The van der Waals surface area contributed by atoms with Gasteiger partial charge >= 0.3 is 0 Å². The molecule has 0 atom stereocenters. The van der Waals surface area contributed by atoms with E-state index in [2.05, 4.69) is 130 Å². The first-order chi connectivity index (χ1) is 54.9. The van der Waals surface area contributed by atoms with Gasteiger partial charge in [0.1, 0.15) is 5.82 Å². The molecule has 111 heavy (non-hydrogen) atoms. The summed E-state index contributed by atoms with van der Waals surface area (Å²) >= 11 is 0. The molecule has 0 N–H and O–H groups in total. The largest absolute Gasteiger partial charge is 0.308 e. The second kappa shape index (κ2) is 30.7. The maximum Gasteiger partial charge on any atom is 0.167 e. The zero-order valence-corrected chi connectivity index (χ0v) is 59.7. The minimum Gasteiger partial charge on any atom is -0.308 e. The second-order valence-electron chi connectivity index (χ2n) is 26.4. The van der Waals surface area contributed by atoms with Gasteiger partial charge in [0.25, 0.3) is 0 Å². The molecule has 524 valence electrons. The molecular formula is C97H64FN13. The monoisotopic (exact) mass is 1430 g/mol. The van der Waals surface area contributed by atoms with Gasteiger partial charge < -0.3 is 4.57 Å². The van der Waals surface area contributed by atoms with E-state index >= 15 is 4.39 Å². The van der Waals surface area contributed by atoms with Crippen molar-refractivity contribution in [3.63, 3.8) is 0 Å². The quantitative estimate of drug-likeness (QED) is 0.108. The lowest BCUT2D eigenvalue weighted by molar-refractivity contribution is 0.630. The number of halogens is 1. The smallest absolute Gasteiger partial charge is 0.167 e. The molecule has 0 aliphatic heterocycles. The molecular weight excluding hydrogens is 1370 g/mol. The Labute approximate surface area is 639 Å². The van der Waals surface area contributed by atoms with Crippen molar-refractivity contribution in [1.82, 2.24) is 64.4 Å². The minimum atomic E-state index is -0.496. The lowest BCUT2D eigenvalue weighted by atomic mass is 10.1. The number of benzene rings is 14. The first kappa shape index (κ1) is 67.7. The summed E-state index contributed by atoms with van der Waals surface area (Å²) in [5.41, 5.74) is 18.2. The van der Waals surface area contributed by atoms with Crippen LogP contribution in [0.2, 0.25) is 0 Å². The SMILES string of the molecule is Fc1cc(-c2nc(-c3ccccc3)nc(-c3ccccc3)n2)ccc1-c1nc(-c2ccccc2)nc(-c2ccccc2)n1.c1ccc(-c2nc(-c3ccccc3)nc(-c3ccc(-c4nc(-c5ccccc5)nc(-c5ccccc5)n4)c(-n4c5ccccc5c5ccccc54)c3)n2)cc1.c1ccc2c(c1)Cc1ccccc1-2. The zero-order chi connectivity index (χ0) is 74.2. The fourth-order valence-corrected chi connectivity index (χ4v) is 13.9. The first-order valence-electron chi connectivity index (χ1n) is 36.5. The van der Waals surface area contributed by atoms with Gasteiger partial charge in [0.2, 0.25) is 0 Å². The van der Waals surface area contributed by atoms with Crippen LogP contribution in [0.3, 0.4) is 0 Å². The van der Waals surface area contributed by atoms with E-state index < -0.39 is 5.82 Å². The molecule has 19 aromatic rings. The number of para-hydroxylation sites is 2. The van der Waals surface area contributed by atoms with Gasteiger partial charge in [-0.25, -0.2) is 64.2 Å². The van der Waals surface area contributed by atoms with E-state index in [0.29, 0.717) is 69.6 Å². The van der Waals surface area contributed by atoms with Crippen molar-refractivity contribution in [2.75, 3.05) is 0 Å². The molecule has 0 saturated heterocycles. The Morgan fingerprint density at radius 1 is 0.189 bits per heavy atom. The van der Waals surface area contributed by atoms with E-state index in [-0.39, 0.29) is 11.4 Å². The molecule has 0 bridgehead atoms. The highest BCUT2D eigenvalue weighted by Gasteiger charge is 2.24. The summed E-state index contributed by atoms with van der Waals surface area (Å²) < 4.78 is 18.3. The molecule has 0 amide bonds. The third-order valence-corrected chi connectivity index (χ3v) is 19.3. The van der Waals surface area contributed by atoms with E-state index in [4.69, 9.17) is 49.8 Å². The molecule has 0 radical (unpaired) electrons. The molecule has 1 aliphatic carbocycles. The van der Waals surface area contributed by atoms with Gasteiger partial charge in [-0.3, -0.25) is 0 Å². The van der Waals surface area contributed by atoms with Crippen molar-refractivity contribution in [2.24, 2.45) is 0 Å². The molecule has 1 aliphatic rings. The van der Waals surface area contributed by atoms with E-state index in [9.17, 15) is 0 Å². The van der Waals surface area contributed by atoms with E-state index in [1.54, 1.807) is 12.1 Å². The Morgan fingerprint density at radius 3 is 0.730 bits per heavy atom. The fourth-order valence-electron chi connectivity index (χ4n) is 13.9. The van der Waals surface area contributed by atoms with Crippen LogP contribution in [0.15, 0.2) is 376 Å². The Bertz CT molecular complexity index is 6210. The highest BCUT2D eigenvalue weighted by molar-refractivity contribution is 6.10. The third kappa shape index (κ3) is 14.3. The van der Waals surface area contributed by atoms with Crippen LogP contribution in [0.5, 0.6) is 0 Å². The molecule has 14 heteroatoms. The van der Waals surface area contributed by atoms with Crippen LogP contribution in [-0.2, 0) is 6.42 Å². The van der Waals surface area contributed by atoms with Crippen molar-refractivity contribution < 1.29 is 4.39 Å². The zero-order valence-electron chi connectivity index (χ0n) is 59.7. The van der Waals surface area contributed by atoms with Crippen LogP contribution in [0, 0.1) is 5.82 Å². The van der Waals surface area contributed by atoms with Gasteiger partial charge in [-0.1, -0.05) is 340 Å². The van der Waals surface area contributed by atoms with Crippen LogP contribution in [-0.4, -0.2) is 64.4 Å². The standard InChI is InChI=1S/C48H31N7.C36H23FN6.C13H10/c1-5-17-32(18-6-1)43-49-44(33-19-7-2-8-20-33)52-47(51-43)36-29-30-39(42(31-36)55-40-27-15-13-25-37(40)38-26-14-16-28-41(38)55)48-53-45(34-21-9-3-10-22-34)50-46(54-48)35-23-11-4-12-24-35;37-30-23-28(35-40-31(24-13-5-1-6-14-24)38-32(41-35)25-15-7-2-8-16-25)21-22-29(30)36-42-33(26-17-9-3-10-18-26)39-34(43-36)27-19-11-4-12-20-27;1-3-7-12-10(5-1)9-11-6-2-4-8-13(11)12/h1-31H;1-23H;1-8H,9H2. The van der Waals surface area contributed by atoms with Gasteiger partial charge in [-0.05, 0) is 65.1 Å². The maximum atomic E-state index is 16.0. The number of rotatable bonds is 13. The molecule has 0 spiro atoms. The lowest BCUT2D eigenvalue weighted by Gasteiger charge is -2.16. The van der Waals surface area contributed by atoms with Crippen molar-refractivity contribution >= 4 is 21.8 Å². The topological polar surface area (TPSA) is 160 Å². The van der Waals surface area contributed by atoms with Gasteiger partial charge in [-0.2, -0.15) is 0 Å². The molecule has 14 aromatic carbocycles. The highest BCUT2D eigenvalue weighted by atomic mass is 19.1. The summed E-state index contributed by atoms with van der Waals surface area (Å²) in [5, 5.41) is 2.30. The average molecular weight is 1430 g/mol. The minimum absolute atomic E-state index is 0.238. The molecule has 5 aromatic heterocycles. The van der Waals surface area contributed by atoms with E-state index in [1.807, 2.05) is 243 Å². The Balaban J connectivity index is 0.000000136. The molecule has 13 nitrogen and oxygen atoms in total. The molecule has 0 saturated carbocycles. The van der Waals surface area contributed by atoms with Gasteiger partial charge in [0, 0.05) is 72.0 Å². The predicted molar refractivity (Wildman–Crippen MR) is 441 cm³/mol. The van der Waals surface area contributed by atoms with E-state index in [0.717, 1.165) is 89.5 Å². The van der Waals surface area contributed by atoms with Crippen molar-refractivity contribution in [3.8, 4) is 153 Å². The Kier molecular flexibility index (Phi) is 18.8. The van der Waals surface area contributed by atoms with Crippen LogP contribution >= 0.6 is 0 Å². The average Bonchev–Trinajstić information content (AvgIpc) is 1.61. The summed E-state index contributed by atoms with van der Waals surface area (Å²) in [6, 6.07) is 124. The number of fused-ring (bicyclic) bond motifs is 6. The summed E-state index contributed by atoms with van der Waals surface area (Å²) in [7, 11) is 0. The fraction of sp³-hybridized carbons (Fsp3) is 0.0103. The third-order valence-electron chi connectivity index (χ3n) is 19.3. The number of aromatic nitrogens is 13. The van der Waals surface area contributed by atoms with Crippen LogP contribution in [0.25, 0.3) is 175 Å². The maximum absolute atomic E-state index is 16.0. The van der Waals surface area contributed by atoms with Crippen molar-refractivity contribution in [2.45, 2.75) is 6.42 Å². The van der Waals surface area contributed by atoms with Gasteiger partial charge in [-0.15, -0.1) is 0 Å². The summed E-state index contributed by atoms with van der Waals surface area (Å²) in [4.78, 5) is 58.6. The molecule has 5 heterocycles. The Morgan fingerprint density at radius 2 is 0.423 bits per heavy atom. The van der Waals surface area contributed by atoms with Gasteiger partial charge in [0.15, 0.2) is 69.9 Å². The Hall–Kier alpha value is -15.2. The molecule has 0 unspecified atom stereocenters. The first-order valence-corrected chi connectivity index (χ1v) is 36.5. The summed E-state index contributed by atoms with van der Waals surface area (Å²) in [6.45, 7) is 0. The molecule has 20 rings (SSSR count). The van der Waals surface area contributed by atoms with Crippen LogP contribution in [0.1, 0.15) is 11.1 Å². The van der Waals surface area contributed by atoms with Crippen molar-refractivity contribution in [3.05, 3.63) is 393 Å². The number of hydrogen-bond acceptors (Lipinski definition) is 12. The number of nitrogens with zero attached hydrogens (tertiary/aromatic N) is 13. The normalized spacial score (nSPS) is 11.3. The predicted octanol–water partition coefficient (Wildman–Crippen LogP) is 22.6. The van der Waals surface area contributed by atoms with Crippen LogP contribution < -0.4 is 0 Å².